The number of benzene rings is 1. The molecule has 4 nitrogen and oxygen atoms in total. The van der Waals surface area contributed by atoms with E-state index in [9.17, 15) is 0 Å². The second-order valence-electron chi connectivity index (χ2n) is 4.76. The van der Waals surface area contributed by atoms with E-state index in [4.69, 9.17) is 11.6 Å². The minimum atomic E-state index is 0. The number of nitrogens with zero attached hydrogens (tertiary/aromatic N) is 2. The highest BCUT2D eigenvalue weighted by atomic mass is 127. The van der Waals surface area contributed by atoms with E-state index in [1.54, 1.807) is 18.4 Å². The number of nitrogens with one attached hydrogen (secondary N) is 2. The molecule has 0 radical (unpaired) electrons. The molecule has 0 saturated heterocycles. The number of aromatic nitrogens is 1. The van der Waals surface area contributed by atoms with Crippen molar-refractivity contribution in [1.82, 2.24) is 15.6 Å². The Bertz CT molecular complexity index is 690. The van der Waals surface area contributed by atoms with Crippen molar-refractivity contribution in [1.29, 1.82) is 0 Å². The van der Waals surface area contributed by atoms with E-state index in [1.165, 1.54) is 4.88 Å². The average molecular weight is 530 g/mol. The Kier molecular flexibility index (Phi) is 8.81. The number of hydrogen-bond acceptors (Lipinski definition) is 3. The predicted molar refractivity (Wildman–Crippen MR) is 113 cm³/mol. The third-order valence-electron chi connectivity index (χ3n) is 3.10. The Morgan fingerprint density at radius 2 is 2.00 bits per heavy atom. The van der Waals surface area contributed by atoms with E-state index in [1.807, 2.05) is 32.0 Å². The van der Waals surface area contributed by atoms with E-state index < -0.39 is 0 Å². The molecule has 8 heteroatoms. The van der Waals surface area contributed by atoms with E-state index in [0.29, 0.717) is 13.1 Å². The first-order chi connectivity index (χ1) is 10.5. The highest BCUT2D eigenvalue weighted by Gasteiger charge is 2.07. The van der Waals surface area contributed by atoms with Gasteiger partial charge < -0.3 is 10.6 Å². The summed E-state index contributed by atoms with van der Waals surface area (Å²) in [4.78, 5) is 9.88. The van der Waals surface area contributed by atoms with E-state index in [2.05, 4.69) is 36.5 Å². The monoisotopic (exact) mass is 528 g/mol. The van der Waals surface area contributed by atoms with Crippen molar-refractivity contribution in [3.63, 3.8) is 0 Å². The van der Waals surface area contributed by atoms with Crippen LogP contribution in [0.15, 0.2) is 27.7 Å². The van der Waals surface area contributed by atoms with Gasteiger partial charge in [-0.15, -0.1) is 35.3 Å². The van der Waals surface area contributed by atoms with Gasteiger partial charge in [0.1, 0.15) is 0 Å². The third kappa shape index (κ3) is 6.21. The molecule has 1 aromatic carbocycles. The van der Waals surface area contributed by atoms with Crippen LogP contribution in [0.4, 0.5) is 0 Å². The summed E-state index contributed by atoms with van der Waals surface area (Å²) >= 11 is 11.3. The van der Waals surface area contributed by atoms with Crippen molar-refractivity contribution < 1.29 is 0 Å². The third-order valence-corrected chi connectivity index (χ3v) is 5.02. The molecule has 0 unspecified atom stereocenters. The average Bonchev–Trinajstić information content (AvgIpc) is 2.79. The molecule has 0 fully saturated rings. The van der Waals surface area contributed by atoms with Crippen molar-refractivity contribution >= 4 is 68.8 Å². The first kappa shape index (κ1) is 20.7. The van der Waals surface area contributed by atoms with Crippen LogP contribution in [0.1, 0.15) is 21.1 Å². The lowest BCUT2D eigenvalue weighted by molar-refractivity contribution is 0.811. The first-order valence-corrected chi connectivity index (χ1v) is 8.79. The van der Waals surface area contributed by atoms with Crippen LogP contribution in [0, 0.1) is 13.8 Å². The fourth-order valence-electron chi connectivity index (χ4n) is 1.97. The molecule has 0 saturated carbocycles. The molecule has 2 N–H and O–H groups in total. The van der Waals surface area contributed by atoms with Gasteiger partial charge in [-0.25, -0.2) is 4.98 Å². The number of rotatable bonds is 4. The van der Waals surface area contributed by atoms with Crippen LogP contribution < -0.4 is 10.6 Å². The van der Waals surface area contributed by atoms with Crippen LogP contribution in [0.2, 0.25) is 5.02 Å². The largest absolute Gasteiger partial charge is 0.352 e. The second-order valence-corrected chi connectivity index (χ2v) is 7.37. The molecule has 0 aliphatic rings. The smallest absolute Gasteiger partial charge is 0.191 e. The fourth-order valence-corrected chi connectivity index (χ4v) is 3.58. The summed E-state index contributed by atoms with van der Waals surface area (Å²) in [6, 6.07) is 5.85. The van der Waals surface area contributed by atoms with Gasteiger partial charge in [-0.05, 0) is 31.5 Å². The van der Waals surface area contributed by atoms with Gasteiger partial charge in [0.05, 0.1) is 17.2 Å². The highest BCUT2D eigenvalue weighted by Crippen LogP contribution is 2.21. The zero-order valence-corrected chi connectivity index (χ0v) is 18.6. The van der Waals surface area contributed by atoms with Gasteiger partial charge in [0.25, 0.3) is 0 Å². The maximum Gasteiger partial charge on any atom is 0.191 e. The quantitative estimate of drug-likeness (QED) is 0.344. The van der Waals surface area contributed by atoms with E-state index in [-0.39, 0.29) is 24.0 Å². The summed E-state index contributed by atoms with van der Waals surface area (Å²) in [5.41, 5.74) is 2.10. The number of aryl methyl sites for hydroxylation is 2. The minimum Gasteiger partial charge on any atom is -0.352 e. The summed E-state index contributed by atoms with van der Waals surface area (Å²) in [5.74, 6) is 0.740. The van der Waals surface area contributed by atoms with Gasteiger partial charge in [-0.2, -0.15) is 0 Å². The minimum absolute atomic E-state index is 0. The molecule has 0 aliphatic heterocycles. The zero-order chi connectivity index (χ0) is 16.1. The molecule has 1 heterocycles. The molecular formula is C15H19BrClIN4S. The molecule has 126 valence electrons. The van der Waals surface area contributed by atoms with Crippen molar-refractivity contribution in [2.75, 3.05) is 7.05 Å². The Morgan fingerprint density at radius 3 is 2.57 bits per heavy atom. The van der Waals surface area contributed by atoms with Crippen molar-refractivity contribution in [2.45, 2.75) is 26.9 Å². The SMILES string of the molecule is CN=C(NCc1ccc(Br)cc1Cl)NCc1sc(C)nc1C.I. The fraction of sp³-hybridized carbons (Fsp3) is 0.333. The highest BCUT2D eigenvalue weighted by molar-refractivity contribution is 14.0. The van der Waals surface area contributed by atoms with Gasteiger partial charge in [0.2, 0.25) is 0 Å². The number of hydrogen-bond donors (Lipinski definition) is 2. The summed E-state index contributed by atoms with van der Waals surface area (Å²) in [6.07, 6.45) is 0. The Hall–Kier alpha value is -0.380. The van der Waals surface area contributed by atoms with Crippen LogP contribution in [0.25, 0.3) is 0 Å². The number of thiazole rings is 1. The first-order valence-electron chi connectivity index (χ1n) is 6.81. The van der Waals surface area contributed by atoms with Gasteiger partial charge in [0, 0.05) is 28.0 Å². The van der Waals surface area contributed by atoms with Gasteiger partial charge >= 0.3 is 0 Å². The van der Waals surface area contributed by atoms with Crippen LogP contribution in [-0.4, -0.2) is 18.0 Å². The molecule has 0 spiro atoms. The maximum atomic E-state index is 6.22. The summed E-state index contributed by atoms with van der Waals surface area (Å²) in [5, 5.41) is 8.37. The molecule has 23 heavy (non-hydrogen) atoms. The molecule has 0 aliphatic carbocycles. The number of guanidine groups is 1. The number of halogens is 3. The van der Waals surface area contributed by atoms with Gasteiger partial charge in [0.15, 0.2) is 5.96 Å². The van der Waals surface area contributed by atoms with Crippen molar-refractivity contribution in [3.05, 3.63) is 48.8 Å². The van der Waals surface area contributed by atoms with Crippen LogP contribution in [-0.2, 0) is 13.1 Å². The van der Waals surface area contributed by atoms with E-state index in [0.717, 1.165) is 31.7 Å². The second kappa shape index (κ2) is 9.80. The Balaban J connectivity index is 0.00000264. The Morgan fingerprint density at radius 1 is 1.30 bits per heavy atom. The van der Waals surface area contributed by atoms with Crippen molar-refractivity contribution in [2.24, 2.45) is 4.99 Å². The summed E-state index contributed by atoms with van der Waals surface area (Å²) < 4.78 is 0.972. The van der Waals surface area contributed by atoms with Crippen molar-refractivity contribution in [3.8, 4) is 0 Å². The van der Waals surface area contributed by atoms with Crippen LogP contribution in [0.3, 0.4) is 0 Å². The standard InChI is InChI=1S/C15H18BrClN4S.HI/c1-9-14(22-10(2)21-9)8-20-15(18-3)19-7-11-4-5-12(16)6-13(11)17;/h4-6H,7-8H2,1-3H3,(H2,18,19,20);1H. The van der Waals surface area contributed by atoms with Crippen LogP contribution in [0.5, 0.6) is 0 Å². The molecule has 0 bridgehead atoms. The molecule has 2 rings (SSSR count). The normalized spacial score (nSPS) is 11.1. The predicted octanol–water partition coefficient (Wildman–Crippen LogP) is 4.66. The molecule has 1 aromatic heterocycles. The van der Waals surface area contributed by atoms with Crippen LogP contribution >= 0.6 is 62.8 Å². The molecular weight excluding hydrogens is 511 g/mol. The molecule has 0 atom stereocenters. The lowest BCUT2D eigenvalue weighted by atomic mass is 10.2. The molecule has 0 amide bonds. The lowest BCUT2D eigenvalue weighted by Crippen LogP contribution is -2.36. The zero-order valence-electron chi connectivity index (χ0n) is 13.1. The maximum absolute atomic E-state index is 6.22. The van der Waals surface area contributed by atoms with Gasteiger partial charge in [-0.3, -0.25) is 4.99 Å². The Labute approximate surface area is 171 Å². The number of aliphatic imine (C=N–C) groups is 1. The topological polar surface area (TPSA) is 49.3 Å². The molecule has 2 aromatic rings. The van der Waals surface area contributed by atoms with E-state index >= 15 is 0 Å². The lowest BCUT2D eigenvalue weighted by Gasteiger charge is -2.12. The summed E-state index contributed by atoms with van der Waals surface area (Å²) in [7, 11) is 1.75. The summed E-state index contributed by atoms with van der Waals surface area (Å²) in [6.45, 7) is 5.37. The van der Waals surface area contributed by atoms with Gasteiger partial charge in [-0.1, -0.05) is 33.6 Å².